The summed E-state index contributed by atoms with van der Waals surface area (Å²) in [5.74, 6) is 0. The van der Waals surface area contributed by atoms with E-state index in [0.29, 0.717) is 12.8 Å². The van der Waals surface area contributed by atoms with E-state index in [1.807, 2.05) is 13.8 Å². The molecule has 2 atom stereocenters. The van der Waals surface area contributed by atoms with Crippen LogP contribution in [0.4, 0.5) is 0 Å². The molecule has 0 aromatic heterocycles. The zero-order valence-electron chi connectivity index (χ0n) is 5.91. The first-order valence-electron chi connectivity index (χ1n) is 3.26. The Bertz CT molecular complexity index is 60.1. The minimum atomic E-state index is -0.694. The van der Waals surface area contributed by atoms with Crippen LogP contribution < -0.4 is 5.32 Å². The molecule has 0 aliphatic heterocycles. The summed E-state index contributed by atoms with van der Waals surface area (Å²) in [6.45, 7) is 3.63. The van der Waals surface area contributed by atoms with Gasteiger partial charge in [0, 0.05) is 0 Å². The zero-order chi connectivity index (χ0) is 7.28. The number of rotatable bonds is 4. The van der Waals surface area contributed by atoms with Crippen molar-refractivity contribution < 1.29 is 10.2 Å². The van der Waals surface area contributed by atoms with E-state index in [1.165, 1.54) is 0 Å². The topological polar surface area (TPSA) is 54.6 Å². The third kappa shape index (κ3) is 4.39. The predicted molar refractivity (Wildman–Crippen MR) is 34.7 cm³/mol. The summed E-state index contributed by atoms with van der Waals surface area (Å²) in [6, 6.07) is 0. The molecule has 3 nitrogen and oxygen atoms in total. The van der Waals surface area contributed by atoms with Crippen molar-refractivity contribution in [2.45, 2.75) is 39.1 Å². The fourth-order valence-electron chi connectivity index (χ4n) is 0.409. The largest absolute Gasteiger partial charge is 0.377 e. The quantitative estimate of drug-likeness (QED) is 0.567. The summed E-state index contributed by atoms with van der Waals surface area (Å²) in [5, 5.41) is 21.3. The Hall–Kier alpha value is -0.120. The van der Waals surface area contributed by atoms with Gasteiger partial charge in [0.1, 0.15) is 12.5 Å². The lowest BCUT2D eigenvalue weighted by atomic mass is 10.3. The van der Waals surface area contributed by atoms with Crippen molar-refractivity contribution in [3.63, 3.8) is 0 Å². The van der Waals surface area contributed by atoms with Gasteiger partial charge in [0.15, 0.2) is 0 Å². The van der Waals surface area contributed by atoms with Crippen molar-refractivity contribution >= 4 is 0 Å². The van der Waals surface area contributed by atoms with Crippen molar-refractivity contribution in [2.75, 3.05) is 0 Å². The van der Waals surface area contributed by atoms with Gasteiger partial charge < -0.3 is 10.2 Å². The van der Waals surface area contributed by atoms with E-state index in [4.69, 9.17) is 10.2 Å². The second-order valence-electron chi connectivity index (χ2n) is 1.93. The zero-order valence-corrected chi connectivity index (χ0v) is 5.91. The van der Waals surface area contributed by atoms with E-state index in [1.54, 1.807) is 0 Å². The first-order valence-corrected chi connectivity index (χ1v) is 3.26. The fraction of sp³-hybridized carbons (Fsp3) is 1.00. The van der Waals surface area contributed by atoms with Crippen molar-refractivity contribution in [1.29, 1.82) is 0 Å². The SMILES string of the molecule is CCC(O)[N]C(O)CC. The van der Waals surface area contributed by atoms with Gasteiger partial charge in [-0.2, -0.15) is 5.32 Å². The Morgan fingerprint density at radius 2 is 1.44 bits per heavy atom. The lowest BCUT2D eigenvalue weighted by Crippen LogP contribution is -2.30. The van der Waals surface area contributed by atoms with Crippen LogP contribution >= 0.6 is 0 Å². The van der Waals surface area contributed by atoms with Crippen molar-refractivity contribution in [3.8, 4) is 0 Å². The van der Waals surface area contributed by atoms with E-state index in [2.05, 4.69) is 5.32 Å². The van der Waals surface area contributed by atoms with Crippen LogP contribution in [0.15, 0.2) is 0 Å². The summed E-state index contributed by atoms with van der Waals surface area (Å²) >= 11 is 0. The Morgan fingerprint density at radius 3 is 1.67 bits per heavy atom. The van der Waals surface area contributed by atoms with E-state index in [9.17, 15) is 0 Å². The number of hydrogen-bond acceptors (Lipinski definition) is 2. The number of aliphatic hydroxyl groups is 2. The van der Waals surface area contributed by atoms with Gasteiger partial charge in [-0.05, 0) is 12.8 Å². The fourth-order valence-corrected chi connectivity index (χ4v) is 0.409. The van der Waals surface area contributed by atoms with E-state index in [0.717, 1.165) is 0 Å². The van der Waals surface area contributed by atoms with E-state index < -0.39 is 12.5 Å². The highest BCUT2D eigenvalue weighted by molar-refractivity contribution is 4.51. The van der Waals surface area contributed by atoms with Crippen molar-refractivity contribution in [1.82, 2.24) is 5.32 Å². The Morgan fingerprint density at radius 1 is 1.11 bits per heavy atom. The normalized spacial score (nSPS) is 17.3. The van der Waals surface area contributed by atoms with Gasteiger partial charge in [0.2, 0.25) is 0 Å². The monoisotopic (exact) mass is 132 g/mol. The smallest absolute Gasteiger partial charge is 0.122 e. The highest BCUT2D eigenvalue weighted by Gasteiger charge is 2.06. The predicted octanol–water partition coefficient (Wildman–Crippen LogP) is 0.0476. The average Bonchev–Trinajstić information content (AvgIpc) is 1.87. The first-order chi connectivity index (χ1) is 4.20. The molecule has 0 bridgehead atoms. The van der Waals surface area contributed by atoms with Gasteiger partial charge >= 0.3 is 0 Å². The molecule has 0 rings (SSSR count). The summed E-state index contributed by atoms with van der Waals surface area (Å²) < 4.78 is 0. The third-order valence-electron chi connectivity index (χ3n) is 1.07. The molecule has 2 unspecified atom stereocenters. The molecule has 3 heteroatoms. The maximum atomic E-state index is 8.83. The highest BCUT2D eigenvalue weighted by Crippen LogP contribution is 1.92. The van der Waals surface area contributed by atoms with Crippen molar-refractivity contribution in [3.05, 3.63) is 0 Å². The molecule has 0 aromatic rings. The summed E-state index contributed by atoms with van der Waals surface area (Å²) in [4.78, 5) is 0. The lowest BCUT2D eigenvalue weighted by molar-refractivity contribution is 0.0335. The molecule has 0 saturated carbocycles. The molecule has 0 aliphatic carbocycles. The first kappa shape index (κ1) is 8.88. The van der Waals surface area contributed by atoms with Crippen LogP contribution in [0.5, 0.6) is 0 Å². The molecule has 0 aromatic carbocycles. The summed E-state index contributed by atoms with van der Waals surface area (Å²) in [5.41, 5.74) is 0. The molecule has 0 amide bonds. The molecule has 0 aliphatic rings. The maximum absolute atomic E-state index is 8.83. The molecule has 0 heterocycles. The van der Waals surface area contributed by atoms with Gasteiger partial charge in [-0.1, -0.05) is 13.8 Å². The Labute approximate surface area is 55.7 Å². The molecule has 9 heavy (non-hydrogen) atoms. The highest BCUT2D eigenvalue weighted by atomic mass is 16.3. The van der Waals surface area contributed by atoms with Crippen LogP contribution in [0.25, 0.3) is 0 Å². The lowest BCUT2D eigenvalue weighted by Gasteiger charge is -2.11. The van der Waals surface area contributed by atoms with Gasteiger partial charge in [0.25, 0.3) is 0 Å². The average molecular weight is 132 g/mol. The van der Waals surface area contributed by atoms with Crippen LogP contribution in [0.2, 0.25) is 0 Å². The minimum absolute atomic E-state index is 0.567. The van der Waals surface area contributed by atoms with Crippen LogP contribution in [0.3, 0.4) is 0 Å². The van der Waals surface area contributed by atoms with Gasteiger partial charge in [-0.15, -0.1) is 0 Å². The Balaban J connectivity index is 3.22. The van der Waals surface area contributed by atoms with Crippen LogP contribution in [-0.2, 0) is 0 Å². The van der Waals surface area contributed by atoms with Gasteiger partial charge in [-0.25, -0.2) is 0 Å². The molecule has 0 fully saturated rings. The van der Waals surface area contributed by atoms with Crippen LogP contribution in [0, 0.1) is 0 Å². The minimum Gasteiger partial charge on any atom is -0.377 e. The van der Waals surface area contributed by atoms with Crippen LogP contribution in [-0.4, -0.2) is 22.7 Å². The maximum Gasteiger partial charge on any atom is 0.122 e. The second kappa shape index (κ2) is 4.73. The number of hydrogen-bond donors (Lipinski definition) is 2. The van der Waals surface area contributed by atoms with E-state index >= 15 is 0 Å². The molecule has 2 N–H and O–H groups in total. The molecule has 0 saturated heterocycles. The van der Waals surface area contributed by atoms with Gasteiger partial charge in [0.05, 0.1) is 0 Å². The molecular weight excluding hydrogens is 118 g/mol. The van der Waals surface area contributed by atoms with Crippen LogP contribution in [0.1, 0.15) is 26.7 Å². The van der Waals surface area contributed by atoms with Gasteiger partial charge in [-0.3, -0.25) is 0 Å². The third-order valence-corrected chi connectivity index (χ3v) is 1.07. The summed E-state index contributed by atoms with van der Waals surface area (Å²) in [6.07, 6.45) is -0.256. The standard InChI is InChI=1S/C6H14NO2/c1-3-5(8)7-6(9)4-2/h5-6,8-9H,3-4H2,1-2H3. The number of aliphatic hydroxyl groups excluding tert-OH is 2. The molecule has 0 spiro atoms. The molecule has 1 radical (unpaired) electrons. The Kier molecular flexibility index (Phi) is 4.67. The number of nitrogens with zero attached hydrogens (tertiary/aromatic N) is 1. The molecular formula is C6H14NO2. The van der Waals surface area contributed by atoms with E-state index in [-0.39, 0.29) is 0 Å². The summed E-state index contributed by atoms with van der Waals surface area (Å²) in [7, 11) is 0. The van der Waals surface area contributed by atoms with Crippen molar-refractivity contribution in [2.24, 2.45) is 0 Å². The second-order valence-corrected chi connectivity index (χ2v) is 1.93. The molecule has 55 valence electrons.